The molecule has 0 unspecified atom stereocenters. The van der Waals surface area contributed by atoms with Gasteiger partial charge in [0.15, 0.2) is 9.84 Å². The number of sulfone groups is 1. The van der Waals surface area contributed by atoms with Gasteiger partial charge in [-0.25, -0.2) is 8.42 Å². The number of nitriles is 1. The first-order valence-electron chi connectivity index (χ1n) is 10.7. The summed E-state index contributed by atoms with van der Waals surface area (Å²) in [4.78, 5) is 12.7. The predicted octanol–water partition coefficient (Wildman–Crippen LogP) is 3.15. The summed E-state index contributed by atoms with van der Waals surface area (Å²) in [7, 11) is -3.23. The van der Waals surface area contributed by atoms with Gasteiger partial charge >= 0.3 is 0 Å². The molecule has 2 aromatic carbocycles. The monoisotopic (exact) mass is 439 g/mol. The predicted molar refractivity (Wildman–Crippen MR) is 121 cm³/mol. The number of nitrogens with zero attached hydrogens (tertiary/aromatic N) is 1. The van der Waals surface area contributed by atoms with Gasteiger partial charge in [0.25, 0.3) is 0 Å². The molecule has 0 aliphatic carbocycles. The zero-order chi connectivity index (χ0) is 22.4. The van der Waals surface area contributed by atoms with Gasteiger partial charge in [0.05, 0.1) is 22.8 Å². The van der Waals surface area contributed by atoms with Crippen LogP contribution in [0.2, 0.25) is 0 Å². The first-order valence-corrected chi connectivity index (χ1v) is 12.4. The van der Waals surface area contributed by atoms with Gasteiger partial charge in [-0.2, -0.15) is 5.26 Å². The zero-order valence-corrected chi connectivity index (χ0v) is 18.8. The largest absolute Gasteiger partial charge is 0.339 e. The first kappa shape index (κ1) is 23.0. The van der Waals surface area contributed by atoms with Crippen LogP contribution in [0.5, 0.6) is 0 Å². The standard InChI is InChI=1S/C24H29N3O3S/c1-3-31(29,30)21-11-12-22(17(2)14-21)19-9-7-18(8-10-19)15-20(16-25)27-24(28)23-6-4-5-13-26-23/h7-12,14,20,23,26H,3-6,13,15H2,1-2H3,(H,27,28)/t20-,23-/m0/s1. The zero-order valence-electron chi connectivity index (χ0n) is 18.0. The van der Waals surface area contributed by atoms with Gasteiger partial charge in [0.1, 0.15) is 6.04 Å². The van der Waals surface area contributed by atoms with Crippen molar-refractivity contribution in [1.29, 1.82) is 5.26 Å². The van der Waals surface area contributed by atoms with E-state index in [0.29, 0.717) is 11.3 Å². The SMILES string of the molecule is CCS(=O)(=O)c1ccc(-c2ccc(C[C@@H](C#N)NC(=O)[C@@H]3CCCCN3)cc2)c(C)c1. The van der Waals surface area contributed by atoms with Crippen molar-refractivity contribution in [3.05, 3.63) is 53.6 Å². The number of amides is 1. The third kappa shape index (κ3) is 5.72. The van der Waals surface area contributed by atoms with E-state index in [-0.39, 0.29) is 17.7 Å². The quantitative estimate of drug-likeness (QED) is 0.690. The lowest BCUT2D eigenvalue weighted by Gasteiger charge is -2.23. The van der Waals surface area contributed by atoms with Crippen LogP contribution in [0, 0.1) is 18.3 Å². The Labute approximate surface area is 184 Å². The molecule has 2 N–H and O–H groups in total. The van der Waals surface area contributed by atoms with Crippen molar-refractivity contribution >= 4 is 15.7 Å². The molecule has 2 aromatic rings. The van der Waals surface area contributed by atoms with Gasteiger partial charge in [-0.1, -0.05) is 43.7 Å². The molecule has 6 nitrogen and oxygen atoms in total. The van der Waals surface area contributed by atoms with E-state index >= 15 is 0 Å². The minimum absolute atomic E-state index is 0.0773. The van der Waals surface area contributed by atoms with Gasteiger partial charge in [-0.15, -0.1) is 0 Å². The molecule has 1 amide bonds. The molecule has 0 saturated carbocycles. The van der Waals surface area contributed by atoms with Crippen molar-refractivity contribution in [3.63, 3.8) is 0 Å². The van der Waals surface area contributed by atoms with E-state index in [0.717, 1.165) is 48.1 Å². The van der Waals surface area contributed by atoms with Crippen LogP contribution in [0.15, 0.2) is 47.4 Å². The number of piperidine rings is 1. The minimum Gasteiger partial charge on any atom is -0.339 e. The molecule has 1 aliphatic heterocycles. The molecule has 0 aromatic heterocycles. The third-order valence-electron chi connectivity index (χ3n) is 5.74. The molecule has 0 bridgehead atoms. The van der Waals surface area contributed by atoms with Gasteiger partial charge in [-0.05, 0) is 60.7 Å². The highest BCUT2D eigenvalue weighted by Crippen LogP contribution is 2.26. The van der Waals surface area contributed by atoms with E-state index in [1.165, 1.54) is 0 Å². The maximum atomic E-state index is 12.4. The van der Waals surface area contributed by atoms with Gasteiger partial charge < -0.3 is 10.6 Å². The summed E-state index contributed by atoms with van der Waals surface area (Å²) in [6.07, 6.45) is 3.33. The summed E-state index contributed by atoms with van der Waals surface area (Å²) in [5.74, 6) is -0.0333. The maximum absolute atomic E-state index is 12.4. The highest BCUT2D eigenvalue weighted by atomic mass is 32.2. The number of carbonyl (C=O) groups excluding carboxylic acids is 1. The van der Waals surface area contributed by atoms with Crippen molar-refractivity contribution in [2.24, 2.45) is 0 Å². The maximum Gasteiger partial charge on any atom is 0.238 e. The van der Waals surface area contributed by atoms with Crippen molar-refractivity contribution in [3.8, 4) is 17.2 Å². The average Bonchev–Trinajstić information content (AvgIpc) is 2.79. The Bertz CT molecular complexity index is 1070. The van der Waals surface area contributed by atoms with E-state index in [1.54, 1.807) is 19.1 Å². The third-order valence-corrected chi connectivity index (χ3v) is 7.47. The van der Waals surface area contributed by atoms with Crippen LogP contribution in [0.1, 0.15) is 37.3 Å². The highest BCUT2D eigenvalue weighted by Gasteiger charge is 2.23. The summed E-state index contributed by atoms with van der Waals surface area (Å²) in [6.45, 7) is 4.37. The fourth-order valence-electron chi connectivity index (χ4n) is 3.85. The van der Waals surface area contributed by atoms with E-state index in [4.69, 9.17) is 0 Å². The molecule has 3 rings (SSSR count). The van der Waals surface area contributed by atoms with Crippen molar-refractivity contribution in [2.45, 2.75) is 56.5 Å². The lowest BCUT2D eigenvalue weighted by Crippen LogP contribution is -2.49. The number of benzene rings is 2. The summed E-state index contributed by atoms with van der Waals surface area (Å²) < 4.78 is 24.2. The molecule has 164 valence electrons. The Hall–Kier alpha value is -2.69. The lowest BCUT2D eigenvalue weighted by molar-refractivity contribution is -0.124. The Morgan fingerprint density at radius 1 is 1.23 bits per heavy atom. The van der Waals surface area contributed by atoms with Gasteiger partial charge in [-0.3, -0.25) is 4.79 Å². The fraction of sp³-hybridized carbons (Fsp3) is 0.417. The summed E-state index contributed by atoms with van der Waals surface area (Å²) in [6, 6.07) is 14.4. The van der Waals surface area contributed by atoms with Crippen LogP contribution in [0.25, 0.3) is 11.1 Å². The van der Waals surface area contributed by atoms with Crippen LogP contribution in [-0.2, 0) is 21.1 Å². The number of rotatable bonds is 7. The second kappa shape index (κ2) is 10.1. The van der Waals surface area contributed by atoms with Crippen molar-refractivity contribution in [1.82, 2.24) is 10.6 Å². The van der Waals surface area contributed by atoms with Crippen LogP contribution in [0.3, 0.4) is 0 Å². The van der Waals surface area contributed by atoms with E-state index in [1.807, 2.05) is 37.3 Å². The summed E-state index contributed by atoms with van der Waals surface area (Å²) in [5.41, 5.74) is 3.79. The number of hydrogen-bond donors (Lipinski definition) is 2. The van der Waals surface area contributed by atoms with E-state index < -0.39 is 15.9 Å². The number of nitrogens with one attached hydrogen (secondary N) is 2. The molecule has 31 heavy (non-hydrogen) atoms. The average molecular weight is 440 g/mol. The summed E-state index contributed by atoms with van der Waals surface area (Å²) in [5, 5.41) is 15.5. The van der Waals surface area contributed by atoms with Crippen LogP contribution < -0.4 is 10.6 Å². The van der Waals surface area contributed by atoms with Crippen LogP contribution >= 0.6 is 0 Å². The lowest BCUT2D eigenvalue weighted by atomic mass is 9.98. The molecular weight excluding hydrogens is 410 g/mol. The second-order valence-electron chi connectivity index (χ2n) is 7.97. The van der Waals surface area contributed by atoms with E-state index in [9.17, 15) is 18.5 Å². The van der Waals surface area contributed by atoms with Gasteiger partial charge in [0, 0.05) is 6.42 Å². The Balaban J connectivity index is 1.68. The van der Waals surface area contributed by atoms with Crippen molar-refractivity contribution in [2.75, 3.05) is 12.3 Å². The Morgan fingerprint density at radius 3 is 2.55 bits per heavy atom. The molecular formula is C24H29N3O3S. The van der Waals surface area contributed by atoms with Crippen molar-refractivity contribution < 1.29 is 13.2 Å². The molecule has 7 heteroatoms. The minimum atomic E-state index is -3.23. The Morgan fingerprint density at radius 2 is 1.97 bits per heavy atom. The van der Waals surface area contributed by atoms with E-state index in [2.05, 4.69) is 16.7 Å². The molecule has 1 heterocycles. The molecule has 2 atom stereocenters. The normalized spacial score (nSPS) is 17.5. The molecule has 1 saturated heterocycles. The number of hydrogen-bond acceptors (Lipinski definition) is 5. The van der Waals surface area contributed by atoms with Crippen LogP contribution in [-0.4, -0.2) is 38.7 Å². The van der Waals surface area contributed by atoms with Gasteiger partial charge in [0.2, 0.25) is 5.91 Å². The molecule has 0 spiro atoms. The highest BCUT2D eigenvalue weighted by molar-refractivity contribution is 7.91. The molecule has 1 aliphatic rings. The topological polar surface area (TPSA) is 99.1 Å². The fourth-order valence-corrected chi connectivity index (χ4v) is 4.82. The Kier molecular flexibility index (Phi) is 7.47. The smallest absolute Gasteiger partial charge is 0.238 e. The molecule has 1 fully saturated rings. The number of aryl methyl sites for hydroxylation is 1. The van der Waals surface area contributed by atoms with Crippen LogP contribution in [0.4, 0.5) is 0 Å². The number of carbonyl (C=O) groups is 1. The first-order chi connectivity index (χ1) is 14.8. The molecule has 0 radical (unpaired) electrons. The second-order valence-corrected chi connectivity index (χ2v) is 10.3. The summed E-state index contributed by atoms with van der Waals surface area (Å²) >= 11 is 0.